The largest absolute Gasteiger partial charge is 0.392 e. The van der Waals surface area contributed by atoms with E-state index < -0.39 is 0 Å². The number of rotatable bonds is 1. The van der Waals surface area contributed by atoms with Crippen LogP contribution in [0.15, 0.2) is 11.6 Å². The Kier molecular flexibility index (Phi) is 1.74. The predicted octanol–water partition coefficient (Wildman–Crippen LogP) is 0.772. The van der Waals surface area contributed by atoms with Gasteiger partial charge in [0.2, 0.25) is 0 Å². The summed E-state index contributed by atoms with van der Waals surface area (Å²) in [5.74, 6) is 0. The summed E-state index contributed by atoms with van der Waals surface area (Å²) in [6.45, 7) is 0.252. The SMILES string of the molecule is CN1C2CC=C(CO)C1CC2. The van der Waals surface area contributed by atoms with Crippen molar-refractivity contribution in [1.29, 1.82) is 0 Å². The first-order valence-electron chi connectivity index (χ1n) is 4.34. The number of hydrogen-bond acceptors (Lipinski definition) is 2. The Labute approximate surface area is 67.5 Å². The molecule has 0 spiro atoms. The molecule has 11 heavy (non-hydrogen) atoms. The molecule has 0 radical (unpaired) electrons. The molecule has 1 fully saturated rings. The summed E-state index contributed by atoms with van der Waals surface area (Å²) in [5, 5.41) is 9.03. The molecule has 2 aliphatic heterocycles. The molecule has 1 N–H and O–H groups in total. The van der Waals surface area contributed by atoms with Gasteiger partial charge >= 0.3 is 0 Å². The van der Waals surface area contributed by atoms with Gasteiger partial charge in [-0.25, -0.2) is 0 Å². The minimum Gasteiger partial charge on any atom is -0.392 e. The van der Waals surface area contributed by atoms with Gasteiger partial charge in [0.15, 0.2) is 0 Å². The standard InChI is InChI=1S/C9H15NO/c1-10-8-3-2-7(6-11)9(10)5-4-8/h2,8-9,11H,3-6H2,1H3. The van der Waals surface area contributed by atoms with E-state index in [0.29, 0.717) is 6.04 Å². The fraction of sp³-hybridized carbons (Fsp3) is 0.778. The van der Waals surface area contributed by atoms with Crippen molar-refractivity contribution in [2.75, 3.05) is 13.7 Å². The van der Waals surface area contributed by atoms with Crippen LogP contribution in [0.3, 0.4) is 0 Å². The lowest BCUT2D eigenvalue weighted by Crippen LogP contribution is -2.37. The van der Waals surface area contributed by atoms with E-state index in [0.717, 1.165) is 12.5 Å². The third-order valence-corrected chi connectivity index (χ3v) is 3.10. The Balaban J connectivity index is 2.20. The number of aliphatic hydroxyl groups is 1. The summed E-state index contributed by atoms with van der Waals surface area (Å²) in [4.78, 5) is 2.41. The molecule has 0 amide bonds. The molecule has 2 atom stereocenters. The second-order valence-corrected chi connectivity index (χ2v) is 3.59. The molecular formula is C9H15NO. The van der Waals surface area contributed by atoms with Crippen LogP contribution in [-0.4, -0.2) is 35.7 Å². The Bertz CT molecular complexity index is 188. The molecule has 1 saturated heterocycles. The summed E-state index contributed by atoms with van der Waals surface area (Å²) in [7, 11) is 2.17. The second kappa shape index (κ2) is 2.61. The topological polar surface area (TPSA) is 23.5 Å². The molecule has 0 aromatic heterocycles. The van der Waals surface area contributed by atoms with Crippen molar-refractivity contribution in [2.24, 2.45) is 0 Å². The van der Waals surface area contributed by atoms with Crippen LogP contribution >= 0.6 is 0 Å². The van der Waals surface area contributed by atoms with Crippen LogP contribution in [0.2, 0.25) is 0 Å². The van der Waals surface area contributed by atoms with Crippen molar-refractivity contribution in [3.8, 4) is 0 Å². The van der Waals surface area contributed by atoms with Gasteiger partial charge in [0.1, 0.15) is 0 Å². The molecule has 0 aromatic rings. The summed E-state index contributed by atoms with van der Waals surface area (Å²) < 4.78 is 0. The van der Waals surface area contributed by atoms with Gasteiger partial charge < -0.3 is 5.11 Å². The van der Waals surface area contributed by atoms with Crippen LogP contribution < -0.4 is 0 Å². The average Bonchev–Trinajstić information content (AvgIpc) is 2.31. The fourth-order valence-corrected chi connectivity index (χ4v) is 2.34. The number of likely N-dealkylation sites (N-methyl/N-ethyl adjacent to an activating group) is 1. The first-order valence-corrected chi connectivity index (χ1v) is 4.34. The van der Waals surface area contributed by atoms with E-state index in [-0.39, 0.29) is 6.61 Å². The van der Waals surface area contributed by atoms with Crippen LogP contribution in [0.1, 0.15) is 19.3 Å². The van der Waals surface area contributed by atoms with Crippen LogP contribution in [0.5, 0.6) is 0 Å². The lowest BCUT2D eigenvalue weighted by molar-refractivity contribution is 0.224. The number of aliphatic hydroxyl groups excluding tert-OH is 1. The maximum Gasteiger partial charge on any atom is 0.0656 e. The van der Waals surface area contributed by atoms with Crippen molar-refractivity contribution >= 4 is 0 Å². The first-order chi connectivity index (χ1) is 5.33. The molecule has 2 heteroatoms. The lowest BCUT2D eigenvalue weighted by atomic mass is 10.0. The molecule has 2 rings (SSSR count). The van der Waals surface area contributed by atoms with E-state index in [9.17, 15) is 0 Å². The van der Waals surface area contributed by atoms with Gasteiger partial charge in [0, 0.05) is 12.1 Å². The first kappa shape index (κ1) is 7.32. The molecular weight excluding hydrogens is 138 g/mol. The third-order valence-electron chi connectivity index (χ3n) is 3.10. The number of fused-ring (bicyclic) bond motifs is 2. The smallest absolute Gasteiger partial charge is 0.0656 e. The monoisotopic (exact) mass is 153 g/mol. The van der Waals surface area contributed by atoms with Crippen molar-refractivity contribution in [3.63, 3.8) is 0 Å². The van der Waals surface area contributed by atoms with Gasteiger partial charge in [-0.1, -0.05) is 6.08 Å². The van der Waals surface area contributed by atoms with Gasteiger partial charge in [-0.15, -0.1) is 0 Å². The molecule has 2 heterocycles. The zero-order valence-corrected chi connectivity index (χ0v) is 6.95. The Morgan fingerprint density at radius 2 is 2.45 bits per heavy atom. The molecule has 0 aromatic carbocycles. The average molecular weight is 153 g/mol. The van der Waals surface area contributed by atoms with E-state index in [1.807, 2.05) is 0 Å². The van der Waals surface area contributed by atoms with Gasteiger partial charge in [-0.2, -0.15) is 0 Å². The maximum atomic E-state index is 9.03. The van der Waals surface area contributed by atoms with Crippen LogP contribution in [-0.2, 0) is 0 Å². The van der Waals surface area contributed by atoms with Gasteiger partial charge in [-0.05, 0) is 31.9 Å². The zero-order chi connectivity index (χ0) is 7.84. The Hall–Kier alpha value is -0.340. The fourth-order valence-electron chi connectivity index (χ4n) is 2.34. The van der Waals surface area contributed by atoms with Crippen LogP contribution in [0.25, 0.3) is 0 Å². The zero-order valence-electron chi connectivity index (χ0n) is 6.95. The minimum atomic E-state index is 0.252. The van der Waals surface area contributed by atoms with E-state index in [2.05, 4.69) is 18.0 Å². The second-order valence-electron chi connectivity index (χ2n) is 3.59. The molecule has 2 bridgehead atoms. The summed E-state index contributed by atoms with van der Waals surface area (Å²) in [6.07, 6.45) is 5.92. The van der Waals surface area contributed by atoms with Crippen molar-refractivity contribution in [2.45, 2.75) is 31.3 Å². The third kappa shape index (κ3) is 1.01. The number of nitrogens with zero attached hydrogens (tertiary/aromatic N) is 1. The van der Waals surface area contributed by atoms with Crippen LogP contribution in [0, 0.1) is 0 Å². The summed E-state index contributed by atoms with van der Waals surface area (Å²) >= 11 is 0. The summed E-state index contributed by atoms with van der Waals surface area (Å²) in [5.41, 5.74) is 1.24. The molecule has 2 unspecified atom stereocenters. The lowest BCUT2D eigenvalue weighted by Gasteiger charge is -2.30. The van der Waals surface area contributed by atoms with Gasteiger partial charge in [-0.3, -0.25) is 4.90 Å². The Morgan fingerprint density at radius 3 is 3.18 bits per heavy atom. The van der Waals surface area contributed by atoms with Crippen molar-refractivity contribution in [3.05, 3.63) is 11.6 Å². The van der Waals surface area contributed by atoms with Crippen molar-refractivity contribution in [1.82, 2.24) is 4.90 Å². The highest BCUT2D eigenvalue weighted by Crippen LogP contribution is 2.33. The molecule has 0 aliphatic carbocycles. The predicted molar refractivity (Wildman–Crippen MR) is 44.4 cm³/mol. The van der Waals surface area contributed by atoms with E-state index >= 15 is 0 Å². The van der Waals surface area contributed by atoms with Crippen LogP contribution in [0.4, 0.5) is 0 Å². The summed E-state index contributed by atoms with van der Waals surface area (Å²) in [6, 6.07) is 1.31. The molecule has 2 nitrogen and oxygen atoms in total. The van der Waals surface area contributed by atoms with E-state index in [1.165, 1.54) is 18.4 Å². The number of hydrogen-bond donors (Lipinski definition) is 1. The molecule has 0 saturated carbocycles. The highest BCUT2D eigenvalue weighted by atomic mass is 16.3. The van der Waals surface area contributed by atoms with Gasteiger partial charge in [0.05, 0.1) is 6.61 Å². The Morgan fingerprint density at radius 1 is 1.64 bits per heavy atom. The molecule has 2 aliphatic rings. The highest BCUT2D eigenvalue weighted by Gasteiger charge is 2.34. The molecule has 62 valence electrons. The minimum absolute atomic E-state index is 0.252. The highest BCUT2D eigenvalue weighted by molar-refractivity contribution is 5.19. The van der Waals surface area contributed by atoms with Gasteiger partial charge in [0.25, 0.3) is 0 Å². The van der Waals surface area contributed by atoms with Crippen molar-refractivity contribution < 1.29 is 5.11 Å². The quantitative estimate of drug-likeness (QED) is 0.562. The van der Waals surface area contributed by atoms with E-state index in [4.69, 9.17) is 5.11 Å². The maximum absolute atomic E-state index is 9.03. The normalized spacial score (nSPS) is 37.5. The van der Waals surface area contributed by atoms with E-state index in [1.54, 1.807) is 0 Å².